The van der Waals surface area contributed by atoms with Crippen LogP contribution in [0, 0.1) is 0 Å². The molecule has 2 rings (SSSR count). The number of nitrogens with zero attached hydrogens (tertiary/aromatic N) is 5. The Morgan fingerprint density at radius 1 is 1.16 bits per heavy atom. The Morgan fingerprint density at radius 2 is 1.95 bits per heavy atom. The van der Waals surface area contributed by atoms with E-state index >= 15 is 0 Å². The second-order valence-electron chi connectivity index (χ2n) is 4.42. The molecule has 0 unspecified atom stereocenters. The van der Waals surface area contributed by atoms with Gasteiger partial charge in [-0.15, -0.1) is 0 Å². The maximum atomic E-state index is 5.81. The molecule has 0 saturated carbocycles. The molecule has 0 bridgehead atoms. The van der Waals surface area contributed by atoms with Crippen molar-refractivity contribution in [2.45, 2.75) is 20.3 Å². The minimum absolute atomic E-state index is 0.275. The molecule has 1 saturated heterocycles. The predicted molar refractivity (Wildman–Crippen MR) is 75.4 cm³/mol. The van der Waals surface area contributed by atoms with E-state index in [0.29, 0.717) is 18.5 Å². The van der Waals surface area contributed by atoms with Crippen LogP contribution in [0.1, 0.15) is 20.3 Å². The van der Waals surface area contributed by atoms with Crippen LogP contribution in [0.15, 0.2) is 0 Å². The van der Waals surface area contributed by atoms with E-state index in [0.717, 1.165) is 39.2 Å². The van der Waals surface area contributed by atoms with Crippen LogP contribution in [0.25, 0.3) is 0 Å². The monoisotopic (exact) mass is 266 g/mol. The van der Waals surface area contributed by atoms with Crippen molar-refractivity contribution >= 4 is 17.8 Å². The predicted octanol–water partition coefficient (Wildman–Crippen LogP) is 0.527. The lowest BCUT2D eigenvalue weighted by atomic mass is 10.4. The minimum Gasteiger partial charge on any atom is -0.380 e. The summed E-state index contributed by atoms with van der Waals surface area (Å²) in [6.07, 6.45) is 0.978. The fourth-order valence-electron chi connectivity index (χ4n) is 2.10. The Morgan fingerprint density at radius 3 is 2.68 bits per heavy atom. The highest BCUT2D eigenvalue weighted by atomic mass is 16.5. The molecule has 1 aliphatic rings. The first kappa shape index (κ1) is 13.8. The van der Waals surface area contributed by atoms with E-state index in [-0.39, 0.29) is 5.95 Å². The van der Waals surface area contributed by atoms with Gasteiger partial charge in [-0.3, -0.25) is 0 Å². The van der Waals surface area contributed by atoms with Gasteiger partial charge in [0.1, 0.15) is 0 Å². The molecule has 1 aliphatic heterocycles. The number of nitrogen functional groups attached to an aromatic ring is 1. The first-order valence-electron chi connectivity index (χ1n) is 6.83. The van der Waals surface area contributed by atoms with Crippen LogP contribution in [-0.4, -0.2) is 54.3 Å². The maximum absolute atomic E-state index is 5.81. The number of ether oxygens (including phenoxy) is 1. The fourth-order valence-corrected chi connectivity index (χ4v) is 2.10. The lowest BCUT2D eigenvalue weighted by Gasteiger charge is -2.23. The molecule has 0 aliphatic carbocycles. The van der Waals surface area contributed by atoms with Gasteiger partial charge < -0.3 is 20.3 Å². The minimum atomic E-state index is 0.275. The standard InChI is InChI=1S/C12H22N6O/c1-3-17(4-2)11-14-10(13)15-12(16-11)18-6-5-8-19-9-7-18/h3-9H2,1-2H3,(H2,13,14,15,16). The number of nitrogens with two attached hydrogens (primary N) is 1. The third kappa shape index (κ3) is 3.44. The third-order valence-corrected chi connectivity index (χ3v) is 3.18. The van der Waals surface area contributed by atoms with Gasteiger partial charge in [-0.05, 0) is 20.3 Å². The average molecular weight is 266 g/mol. The number of rotatable bonds is 4. The van der Waals surface area contributed by atoms with Crippen LogP contribution < -0.4 is 15.5 Å². The Kier molecular flexibility index (Phi) is 4.73. The topological polar surface area (TPSA) is 80.4 Å². The van der Waals surface area contributed by atoms with Crippen molar-refractivity contribution in [1.29, 1.82) is 0 Å². The SMILES string of the molecule is CCN(CC)c1nc(N)nc(N2CCCOCC2)n1. The second-order valence-corrected chi connectivity index (χ2v) is 4.42. The van der Waals surface area contributed by atoms with Gasteiger partial charge in [-0.1, -0.05) is 0 Å². The van der Waals surface area contributed by atoms with Gasteiger partial charge in [-0.2, -0.15) is 15.0 Å². The average Bonchev–Trinajstić information content (AvgIpc) is 2.68. The largest absolute Gasteiger partial charge is 0.380 e. The van der Waals surface area contributed by atoms with Gasteiger partial charge in [0, 0.05) is 32.8 Å². The van der Waals surface area contributed by atoms with Crippen LogP contribution in [0.4, 0.5) is 17.8 Å². The summed E-state index contributed by atoms with van der Waals surface area (Å²) < 4.78 is 5.44. The summed E-state index contributed by atoms with van der Waals surface area (Å²) in [5, 5.41) is 0. The highest BCUT2D eigenvalue weighted by Gasteiger charge is 2.16. The summed E-state index contributed by atoms with van der Waals surface area (Å²) in [4.78, 5) is 17.2. The lowest BCUT2D eigenvalue weighted by Crippen LogP contribution is -2.30. The smallest absolute Gasteiger partial charge is 0.232 e. The second kappa shape index (κ2) is 6.51. The molecular formula is C12H22N6O. The third-order valence-electron chi connectivity index (χ3n) is 3.18. The summed E-state index contributed by atoms with van der Waals surface area (Å²) in [5.41, 5.74) is 5.81. The van der Waals surface area contributed by atoms with Crippen molar-refractivity contribution in [2.75, 3.05) is 54.9 Å². The summed E-state index contributed by atoms with van der Waals surface area (Å²) >= 11 is 0. The molecule has 1 fully saturated rings. The summed E-state index contributed by atoms with van der Waals surface area (Å²) in [5.74, 6) is 1.58. The number of hydrogen-bond acceptors (Lipinski definition) is 7. The summed E-state index contributed by atoms with van der Waals surface area (Å²) in [7, 11) is 0. The number of anilines is 3. The van der Waals surface area contributed by atoms with E-state index in [1.807, 2.05) is 0 Å². The quantitative estimate of drug-likeness (QED) is 0.851. The fraction of sp³-hybridized carbons (Fsp3) is 0.750. The van der Waals surface area contributed by atoms with Crippen molar-refractivity contribution in [3.8, 4) is 0 Å². The molecule has 0 radical (unpaired) electrons. The zero-order valence-electron chi connectivity index (χ0n) is 11.7. The Bertz CT molecular complexity index is 401. The van der Waals surface area contributed by atoms with Gasteiger partial charge in [0.25, 0.3) is 0 Å². The van der Waals surface area contributed by atoms with Crippen LogP contribution in [-0.2, 0) is 4.74 Å². The zero-order chi connectivity index (χ0) is 13.7. The number of aromatic nitrogens is 3. The maximum Gasteiger partial charge on any atom is 0.232 e. The molecular weight excluding hydrogens is 244 g/mol. The van der Waals surface area contributed by atoms with Gasteiger partial charge in [0.15, 0.2) is 0 Å². The molecule has 0 amide bonds. The molecule has 2 N–H and O–H groups in total. The zero-order valence-corrected chi connectivity index (χ0v) is 11.7. The first-order chi connectivity index (χ1) is 9.24. The van der Waals surface area contributed by atoms with E-state index in [4.69, 9.17) is 10.5 Å². The van der Waals surface area contributed by atoms with Crippen LogP contribution in [0.2, 0.25) is 0 Å². The molecule has 19 heavy (non-hydrogen) atoms. The molecule has 2 heterocycles. The molecule has 106 valence electrons. The first-order valence-corrected chi connectivity index (χ1v) is 6.83. The van der Waals surface area contributed by atoms with Gasteiger partial charge in [-0.25, -0.2) is 0 Å². The Labute approximate surface area is 113 Å². The van der Waals surface area contributed by atoms with Gasteiger partial charge >= 0.3 is 0 Å². The summed E-state index contributed by atoms with van der Waals surface area (Å²) in [6, 6.07) is 0. The van der Waals surface area contributed by atoms with Crippen molar-refractivity contribution in [3.05, 3.63) is 0 Å². The van der Waals surface area contributed by atoms with Gasteiger partial charge in [0.2, 0.25) is 17.8 Å². The van der Waals surface area contributed by atoms with E-state index < -0.39 is 0 Å². The van der Waals surface area contributed by atoms with Gasteiger partial charge in [0.05, 0.1) is 6.61 Å². The van der Waals surface area contributed by atoms with E-state index in [2.05, 4.69) is 38.6 Å². The van der Waals surface area contributed by atoms with Crippen LogP contribution in [0.3, 0.4) is 0 Å². The molecule has 7 nitrogen and oxygen atoms in total. The molecule has 1 aromatic heterocycles. The molecule has 0 spiro atoms. The Hall–Kier alpha value is -1.63. The highest BCUT2D eigenvalue weighted by molar-refractivity contribution is 5.43. The van der Waals surface area contributed by atoms with Crippen molar-refractivity contribution in [3.63, 3.8) is 0 Å². The lowest BCUT2D eigenvalue weighted by molar-refractivity contribution is 0.152. The molecule has 7 heteroatoms. The van der Waals surface area contributed by atoms with E-state index in [1.165, 1.54) is 0 Å². The molecule has 1 aromatic rings. The van der Waals surface area contributed by atoms with Crippen molar-refractivity contribution in [2.24, 2.45) is 0 Å². The molecule has 0 aromatic carbocycles. The van der Waals surface area contributed by atoms with E-state index in [1.54, 1.807) is 0 Å². The normalized spacial score (nSPS) is 16.2. The highest BCUT2D eigenvalue weighted by Crippen LogP contribution is 2.16. The Balaban J connectivity index is 2.24. The van der Waals surface area contributed by atoms with Crippen molar-refractivity contribution in [1.82, 2.24) is 15.0 Å². The molecule has 0 atom stereocenters. The van der Waals surface area contributed by atoms with E-state index in [9.17, 15) is 0 Å². The van der Waals surface area contributed by atoms with Crippen molar-refractivity contribution < 1.29 is 4.74 Å². The van der Waals surface area contributed by atoms with Crippen LogP contribution >= 0.6 is 0 Å². The number of hydrogen-bond donors (Lipinski definition) is 1. The van der Waals surface area contributed by atoms with Crippen LogP contribution in [0.5, 0.6) is 0 Å². The summed E-state index contributed by atoms with van der Waals surface area (Å²) in [6.45, 7) is 9.02.